The molecule has 2 N–H and O–H groups in total. The number of hydrogen-bond donors (Lipinski definition) is 2. The lowest BCUT2D eigenvalue weighted by molar-refractivity contribution is 0.674. The molecule has 2 aliphatic heterocycles. The fraction of sp³-hybridized carbons (Fsp3) is 0.0889. The lowest BCUT2D eigenvalue weighted by Crippen LogP contribution is -2.34. The third-order valence-corrected chi connectivity index (χ3v) is 9.12. The molecule has 242 valence electrons. The Hall–Kier alpha value is -6.33. The molecule has 0 aliphatic carbocycles. The van der Waals surface area contributed by atoms with E-state index in [9.17, 15) is 0 Å². The van der Waals surface area contributed by atoms with Gasteiger partial charge in [0.25, 0.3) is 0 Å². The molecule has 0 aromatic heterocycles. The zero-order chi connectivity index (χ0) is 33.9. The first-order valence-corrected chi connectivity index (χ1v) is 17.0. The van der Waals surface area contributed by atoms with Gasteiger partial charge in [0, 0.05) is 28.4 Å². The summed E-state index contributed by atoms with van der Waals surface area (Å²) >= 11 is 0. The average Bonchev–Trinajstić information content (AvgIpc) is 3.18. The highest BCUT2D eigenvalue weighted by atomic mass is 15.2. The van der Waals surface area contributed by atoms with E-state index in [0.717, 1.165) is 50.7 Å². The summed E-state index contributed by atoms with van der Waals surface area (Å²) in [5.41, 5.74) is 12.2. The van der Waals surface area contributed by atoms with Crippen LogP contribution >= 0.6 is 0 Å². The predicted molar refractivity (Wildman–Crippen MR) is 207 cm³/mol. The molecule has 0 amide bonds. The summed E-state index contributed by atoms with van der Waals surface area (Å²) in [6, 6.07) is 55.4. The third-order valence-electron chi connectivity index (χ3n) is 9.12. The van der Waals surface area contributed by atoms with Gasteiger partial charge in [-0.1, -0.05) is 158 Å². The quantitative estimate of drug-likeness (QED) is 0.181. The molecule has 50 heavy (non-hydrogen) atoms. The summed E-state index contributed by atoms with van der Waals surface area (Å²) in [6.45, 7) is 4.18. The molecule has 2 unspecified atom stereocenters. The van der Waals surface area contributed by atoms with E-state index in [1.54, 1.807) is 0 Å². The van der Waals surface area contributed by atoms with Crippen molar-refractivity contribution in [1.82, 2.24) is 10.6 Å². The van der Waals surface area contributed by atoms with Crippen molar-refractivity contribution >= 4 is 17.5 Å². The second-order valence-corrected chi connectivity index (χ2v) is 12.7. The van der Waals surface area contributed by atoms with Crippen LogP contribution in [0, 0.1) is 0 Å². The van der Waals surface area contributed by atoms with Gasteiger partial charge in [0.1, 0.15) is 17.8 Å². The largest absolute Gasteiger partial charge is 0.364 e. The molecular weight excluding hydrogens is 611 g/mol. The summed E-state index contributed by atoms with van der Waals surface area (Å²) in [4.78, 5) is 14.9. The maximum absolute atomic E-state index is 5.14. The highest BCUT2D eigenvalue weighted by Crippen LogP contribution is 2.28. The Morgan fingerprint density at radius 3 is 1.30 bits per heavy atom. The summed E-state index contributed by atoms with van der Waals surface area (Å²) < 4.78 is 0. The Morgan fingerprint density at radius 2 is 0.820 bits per heavy atom. The second-order valence-electron chi connectivity index (χ2n) is 12.7. The highest BCUT2D eigenvalue weighted by molar-refractivity contribution is 6.13. The fourth-order valence-electron chi connectivity index (χ4n) is 6.48. The molecular formula is C45H37N5. The Morgan fingerprint density at radius 1 is 0.420 bits per heavy atom. The van der Waals surface area contributed by atoms with Gasteiger partial charge in [-0.2, -0.15) is 0 Å². The van der Waals surface area contributed by atoms with E-state index < -0.39 is 0 Å². The fourth-order valence-corrected chi connectivity index (χ4v) is 6.48. The average molecular weight is 648 g/mol. The molecule has 0 saturated carbocycles. The Balaban J connectivity index is 1.09. The molecule has 5 heteroatoms. The molecule has 2 aliphatic rings. The van der Waals surface area contributed by atoms with Crippen LogP contribution in [0.25, 0.3) is 33.4 Å². The molecule has 0 spiro atoms. The summed E-state index contributed by atoms with van der Waals surface area (Å²) in [5.74, 6) is 2.41. The van der Waals surface area contributed by atoms with Crippen LogP contribution in [0.4, 0.5) is 0 Å². The van der Waals surface area contributed by atoms with Crippen molar-refractivity contribution < 1.29 is 0 Å². The predicted octanol–water partition coefficient (Wildman–Crippen LogP) is 9.83. The Kier molecular flexibility index (Phi) is 8.46. The Bertz CT molecular complexity index is 2230. The SMILES string of the molecule is CC1=CC(C)NC(c2ccc(-c3ccc(C4=NC(c5ccc(-c6ccccc6)cc5)NC(c5ccc(-c6ccccc6)cc5)=N4)cc3)cc2)=N1. The molecule has 6 aromatic rings. The highest BCUT2D eigenvalue weighted by Gasteiger charge is 2.21. The second kappa shape index (κ2) is 13.7. The number of amidine groups is 3. The molecule has 2 heterocycles. The van der Waals surface area contributed by atoms with Crippen LogP contribution in [0.5, 0.6) is 0 Å². The first kappa shape index (κ1) is 31.0. The summed E-state index contributed by atoms with van der Waals surface area (Å²) in [6.07, 6.45) is 1.84. The van der Waals surface area contributed by atoms with Crippen molar-refractivity contribution in [2.45, 2.75) is 26.1 Å². The summed E-state index contributed by atoms with van der Waals surface area (Å²) in [7, 11) is 0. The zero-order valence-electron chi connectivity index (χ0n) is 28.1. The molecule has 2 atom stereocenters. The number of hydrogen-bond acceptors (Lipinski definition) is 5. The minimum absolute atomic E-state index is 0.262. The molecule has 0 bridgehead atoms. The monoisotopic (exact) mass is 647 g/mol. The molecule has 0 radical (unpaired) electrons. The van der Waals surface area contributed by atoms with Crippen LogP contribution in [0.15, 0.2) is 184 Å². The van der Waals surface area contributed by atoms with Gasteiger partial charge in [0.2, 0.25) is 0 Å². The molecule has 8 rings (SSSR count). The van der Waals surface area contributed by atoms with Gasteiger partial charge in [-0.15, -0.1) is 0 Å². The molecule has 0 fully saturated rings. The van der Waals surface area contributed by atoms with Crippen molar-refractivity contribution in [2.75, 3.05) is 0 Å². The third kappa shape index (κ3) is 6.67. The smallest absolute Gasteiger partial charge is 0.159 e. The maximum atomic E-state index is 5.14. The van der Waals surface area contributed by atoms with Crippen molar-refractivity contribution in [2.24, 2.45) is 15.0 Å². The van der Waals surface area contributed by atoms with E-state index in [4.69, 9.17) is 15.0 Å². The van der Waals surface area contributed by atoms with Gasteiger partial charge in [0.05, 0.1) is 0 Å². The molecule has 6 aromatic carbocycles. The van der Waals surface area contributed by atoms with Gasteiger partial charge in [-0.25, -0.2) is 15.0 Å². The van der Waals surface area contributed by atoms with E-state index >= 15 is 0 Å². The van der Waals surface area contributed by atoms with Crippen LogP contribution in [0.2, 0.25) is 0 Å². The number of rotatable bonds is 7. The number of nitrogens with one attached hydrogen (secondary N) is 2. The van der Waals surface area contributed by atoms with E-state index in [2.05, 4.69) is 169 Å². The lowest BCUT2D eigenvalue weighted by atomic mass is 10.0. The van der Waals surface area contributed by atoms with E-state index in [1.807, 2.05) is 19.1 Å². The molecule has 0 saturated heterocycles. The van der Waals surface area contributed by atoms with Crippen LogP contribution < -0.4 is 10.6 Å². The number of benzene rings is 6. The van der Waals surface area contributed by atoms with Crippen LogP contribution in [-0.4, -0.2) is 23.5 Å². The lowest BCUT2D eigenvalue weighted by Gasteiger charge is -2.24. The van der Waals surface area contributed by atoms with Gasteiger partial charge >= 0.3 is 0 Å². The van der Waals surface area contributed by atoms with E-state index in [0.29, 0.717) is 5.84 Å². The van der Waals surface area contributed by atoms with Gasteiger partial charge in [0.15, 0.2) is 5.84 Å². The molecule has 5 nitrogen and oxygen atoms in total. The van der Waals surface area contributed by atoms with Crippen molar-refractivity contribution in [3.05, 3.63) is 192 Å². The van der Waals surface area contributed by atoms with Crippen molar-refractivity contribution in [1.29, 1.82) is 0 Å². The first-order chi connectivity index (χ1) is 24.6. The van der Waals surface area contributed by atoms with Crippen LogP contribution in [-0.2, 0) is 0 Å². The minimum atomic E-state index is -0.291. The van der Waals surface area contributed by atoms with Crippen molar-refractivity contribution in [3.8, 4) is 33.4 Å². The van der Waals surface area contributed by atoms with E-state index in [1.165, 1.54) is 22.3 Å². The van der Waals surface area contributed by atoms with Crippen LogP contribution in [0.3, 0.4) is 0 Å². The maximum Gasteiger partial charge on any atom is 0.159 e. The van der Waals surface area contributed by atoms with Crippen molar-refractivity contribution in [3.63, 3.8) is 0 Å². The van der Waals surface area contributed by atoms with Gasteiger partial charge in [-0.05, 0) is 58.9 Å². The first-order valence-electron chi connectivity index (χ1n) is 17.0. The van der Waals surface area contributed by atoms with E-state index in [-0.39, 0.29) is 12.2 Å². The Labute approximate surface area is 293 Å². The number of nitrogens with zero attached hydrogens (tertiary/aromatic N) is 3. The van der Waals surface area contributed by atoms with Crippen LogP contribution in [0.1, 0.15) is 42.3 Å². The van der Waals surface area contributed by atoms with Gasteiger partial charge < -0.3 is 10.6 Å². The topological polar surface area (TPSA) is 61.1 Å². The number of aliphatic imine (C=N–C) groups is 3. The van der Waals surface area contributed by atoms with Gasteiger partial charge in [-0.3, -0.25) is 0 Å². The zero-order valence-corrected chi connectivity index (χ0v) is 28.1. The standard InChI is InChI=1S/C45H37N5/c1-30-29-31(2)47-42(46-30)38-21-17-36(18-22-38)37-19-27-41(28-20-37)45-49-43(39-23-13-34(14-24-39)32-9-5-3-6-10-32)48-44(50-45)40-25-15-35(16-26-40)33-11-7-4-8-12-33/h3-30,43H,1-2H3,(H,46,47)(H,48,49,50). The summed E-state index contributed by atoms with van der Waals surface area (Å²) in [5, 5.41) is 7.08. The number of allylic oxidation sites excluding steroid dienone is 1. The minimum Gasteiger partial charge on any atom is -0.364 e. The normalized spacial score (nSPS) is 17.0.